The lowest BCUT2D eigenvalue weighted by atomic mass is 9.34. The fourth-order valence-electron chi connectivity index (χ4n) is 10.1. The van der Waals surface area contributed by atoms with Crippen molar-refractivity contribution in [2.75, 3.05) is 0 Å². The molecule has 0 unspecified atom stereocenters. The third-order valence-electron chi connectivity index (χ3n) is 12.1. The molecule has 5 aromatic carbocycles. The topological polar surface area (TPSA) is 97.1 Å². The summed E-state index contributed by atoms with van der Waals surface area (Å²) in [7, 11) is 0. The van der Waals surface area contributed by atoms with E-state index in [0.717, 1.165) is 83.5 Å². The first-order valence-corrected chi connectivity index (χ1v) is 19.0. The van der Waals surface area contributed by atoms with E-state index in [2.05, 4.69) is 127 Å². The van der Waals surface area contributed by atoms with Crippen LogP contribution in [0.4, 0.5) is 0 Å². The highest BCUT2D eigenvalue weighted by Crippen LogP contribution is 2.45. The molecule has 0 atom stereocenters. The quantitative estimate of drug-likeness (QED) is 0.183. The summed E-state index contributed by atoms with van der Waals surface area (Å²) in [6.07, 6.45) is 10.8. The third kappa shape index (κ3) is 3.53. The Kier molecular flexibility index (Phi) is 5.39. The van der Waals surface area contributed by atoms with Gasteiger partial charge in [0, 0.05) is 76.3 Å². The molecular weight excluding hydrogens is 703 g/mol. The van der Waals surface area contributed by atoms with Crippen molar-refractivity contribution in [3.05, 3.63) is 152 Å². The minimum atomic E-state index is -0.0591. The van der Waals surface area contributed by atoms with E-state index in [1.807, 2.05) is 18.5 Å². The van der Waals surface area contributed by atoms with Crippen LogP contribution in [0.1, 0.15) is 0 Å². The van der Waals surface area contributed by atoms with Gasteiger partial charge in [0.2, 0.25) is 0 Å². The van der Waals surface area contributed by atoms with Gasteiger partial charge in [0.1, 0.15) is 22.3 Å². The van der Waals surface area contributed by atoms with E-state index >= 15 is 0 Å². The van der Waals surface area contributed by atoms with E-state index in [1.54, 1.807) is 24.8 Å². The second-order valence-electron chi connectivity index (χ2n) is 14.8. The van der Waals surface area contributed by atoms with Crippen LogP contribution in [0.3, 0.4) is 0 Å². The molecule has 0 saturated heterocycles. The van der Waals surface area contributed by atoms with Gasteiger partial charge in [-0.1, -0.05) is 72.8 Å². The van der Waals surface area contributed by atoms with Crippen molar-refractivity contribution < 1.29 is 0 Å². The summed E-state index contributed by atoms with van der Waals surface area (Å²) < 4.78 is 9.46. The van der Waals surface area contributed by atoms with Crippen LogP contribution in [0.25, 0.3) is 100 Å². The lowest BCUT2D eigenvalue weighted by Crippen LogP contribution is -2.59. The molecule has 9 heterocycles. The van der Waals surface area contributed by atoms with Gasteiger partial charge in [0.15, 0.2) is 17.1 Å². The van der Waals surface area contributed by atoms with Gasteiger partial charge in [-0.25, -0.2) is 19.9 Å². The fourth-order valence-corrected chi connectivity index (χ4v) is 10.1. The molecule has 57 heavy (non-hydrogen) atoms. The first-order chi connectivity index (χ1) is 28.3. The summed E-state index contributed by atoms with van der Waals surface area (Å²) in [6, 6.07) is 40.9. The lowest BCUT2D eigenvalue weighted by molar-refractivity contribution is 1.03. The van der Waals surface area contributed by atoms with Gasteiger partial charge < -0.3 is 0 Å². The van der Waals surface area contributed by atoms with E-state index < -0.39 is 0 Å². The van der Waals surface area contributed by atoms with Gasteiger partial charge in [0.25, 0.3) is 6.71 Å². The summed E-state index contributed by atoms with van der Waals surface area (Å²) >= 11 is 0. The second-order valence-corrected chi connectivity index (χ2v) is 14.8. The number of para-hydroxylation sites is 4. The van der Waals surface area contributed by atoms with E-state index in [4.69, 9.17) is 29.9 Å². The van der Waals surface area contributed by atoms with Crippen molar-refractivity contribution in [1.29, 1.82) is 0 Å². The van der Waals surface area contributed by atoms with Crippen LogP contribution in [0.15, 0.2) is 152 Å². The van der Waals surface area contributed by atoms with Crippen LogP contribution >= 0.6 is 0 Å². The SMILES string of the molecule is c1ccc(-n2c3nccnc3c3c4cccc5c4n(c32)-c2cc(-c3ncccn3)cc3c2B5c2cccc4c5c6nccnc6n(-c6ccccc6)c5n-3c24)cc1. The largest absolute Gasteiger partial charge is 0.296 e. The summed E-state index contributed by atoms with van der Waals surface area (Å²) in [5.74, 6) is 0.656. The van der Waals surface area contributed by atoms with Gasteiger partial charge in [0.05, 0.1) is 21.8 Å². The number of benzene rings is 5. The Morgan fingerprint density at radius 2 is 0.912 bits per heavy atom. The molecule has 0 amide bonds. The number of fused-ring (bicyclic) bond motifs is 14. The smallest absolute Gasteiger partial charge is 0.252 e. The van der Waals surface area contributed by atoms with Crippen molar-refractivity contribution in [3.8, 4) is 34.1 Å². The molecule has 2 aliphatic heterocycles. The second kappa shape index (κ2) is 10.4. The van der Waals surface area contributed by atoms with Gasteiger partial charge in [-0.2, -0.15) is 0 Å². The molecule has 10 nitrogen and oxygen atoms in total. The highest BCUT2D eigenvalue weighted by atomic mass is 15.2. The summed E-state index contributed by atoms with van der Waals surface area (Å²) in [6.45, 7) is -0.0591. The number of hydrogen-bond donors (Lipinski definition) is 0. The van der Waals surface area contributed by atoms with Crippen LogP contribution in [-0.2, 0) is 0 Å². The average molecular weight is 729 g/mol. The maximum atomic E-state index is 5.01. The Hall–Kier alpha value is -7.92. The first-order valence-electron chi connectivity index (χ1n) is 19.0. The molecule has 0 fully saturated rings. The molecule has 12 aromatic rings. The molecule has 11 heteroatoms. The number of nitrogens with zero attached hydrogens (tertiary/aromatic N) is 10. The van der Waals surface area contributed by atoms with Gasteiger partial charge >= 0.3 is 0 Å². The molecule has 0 spiro atoms. The Balaban J connectivity index is 1.24. The van der Waals surface area contributed by atoms with Crippen LogP contribution in [-0.4, -0.2) is 54.9 Å². The van der Waals surface area contributed by atoms with Gasteiger partial charge in [-0.3, -0.25) is 28.2 Å². The van der Waals surface area contributed by atoms with Crippen LogP contribution in [0.5, 0.6) is 0 Å². The van der Waals surface area contributed by atoms with Crippen LogP contribution in [0, 0.1) is 0 Å². The highest BCUT2D eigenvalue weighted by Gasteiger charge is 2.43. The first kappa shape index (κ1) is 29.4. The average Bonchev–Trinajstić information content (AvgIpc) is 4.00. The summed E-state index contributed by atoms with van der Waals surface area (Å²) in [5, 5.41) is 4.45. The zero-order chi connectivity index (χ0) is 36.9. The molecule has 14 rings (SSSR count). The van der Waals surface area contributed by atoms with Gasteiger partial charge in [-0.15, -0.1) is 0 Å². The van der Waals surface area contributed by atoms with Crippen molar-refractivity contribution >= 4 is 89.3 Å². The fraction of sp³-hybridized carbons (Fsp3) is 0. The Bertz CT molecular complexity index is 3470. The zero-order valence-corrected chi connectivity index (χ0v) is 30.0. The molecular formula is C46H25BN10. The Labute approximate surface area is 323 Å². The molecule has 0 saturated carbocycles. The van der Waals surface area contributed by atoms with E-state index in [9.17, 15) is 0 Å². The lowest BCUT2D eigenvalue weighted by Gasteiger charge is -2.34. The minimum Gasteiger partial charge on any atom is -0.296 e. The Morgan fingerprint density at radius 1 is 0.421 bits per heavy atom. The molecule has 2 aliphatic rings. The minimum absolute atomic E-state index is 0.0591. The standard InChI is InChI=1S/C46H25BN10/c1-3-10-27(11-4-1)54-43-38(48-20-22-52-43)35-29-14-7-16-31-40(29)56(45(35)54)33-24-26(42-50-18-9-19-51-42)25-34-37(33)47(31)32-17-8-15-30-36-39-44(53-23-21-49-39)55(28-12-5-2-6-13-28)46(36)57(34)41(30)32/h1-25H. The monoisotopic (exact) mass is 728 g/mol. The normalized spacial score (nSPS) is 12.9. The van der Waals surface area contributed by atoms with Crippen LogP contribution in [0.2, 0.25) is 0 Å². The van der Waals surface area contributed by atoms with Crippen molar-refractivity contribution in [3.63, 3.8) is 0 Å². The molecule has 0 N–H and O–H groups in total. The van der Waals surface area contributed by atoms with E-state index in [-0.39, 0.29) is 6.71 Å². The maximum Gasteiger partial charge on any atom is 0.252 e. The van der Waals surface area contributed by atoms with Crippen LogP contribution < -0.4 is 16.4 Å². The number of rotatable bonds is 3. The van der Waals surface area contributed by atoms with E-state index in [0.29, 0.717) is 5.82 Å². The summed E-state index contributed by atoms with van der Waals surface area (Å²) in [4.78, 5) is 29.6. The molecule has 0 aliphatic carbocycles. The highest BCUT2D eigenvalue weighted by molar-refractivity contribution is 7.00. The van der Waals surface area contributed by atoms with E-state index in [1.165, 1.54) is 27.4 Å². The Morgan fingerprint density at radius 3 is 1.42 bits per heavy atom. The zero-order valence-electron chi connectivity index (χ0n) is 30.0. The maximum absolute atomic E-state index is 5.01. The van der Waals surface area contributed by atoms with Crippen molar-refractivity contribution in [2.45, 2.75) is 0 Å². The predicted molar refractivity (Wildman–Crippen MR) is 226 cm³/mol. The molecule has 0 bridgehead atoms. The van der Waals surface area contributed by atoms with Gasteiger partial charge in [-0.05, 0) is 58.9 Å². The molecule has 262 valence electrons. The number of aromatic nitrogens is 10. The van der Waals surface area contributed by atoms with Crippen molar-refractivity contribution in [2.24, 2.45) is 0 Å². The third-order valence-corrected chi connectivity index (χ3v) is 12.1. The molecule has 0 radical (unpaired) electrons. The predicted octanol–water partition coefficient (Wildman–Crippen LogP) is 6.95. The number of hydrogen-bond acceptors (Lipinski definition) is 6. The van der Waals surface area contributed by atoms with Crippen molar-refractivity contribution in [1.82, 2.24) is 48.2 Å². The molecule has 7 aromatic heterocycles. The summed E-state index contributed by atoms with van der Waals surface area (Å²) in [5.41, 5.74) is 16.5.